The molecule has 0 aromatic rings. The molecule has 8 nitrogen and oxygen atoms in total. The van der Waals surface area contributed by atoms with Crippen LogP contribution in [-0.2, 0) is 14.4 Å². The molecule has 3 N–H and O–H groups in total. The van der Waals surface area contributed by atoms with Gasteiger partial charge in [-0.1, -0.05) is 0 Å². The Morgan fingerprint density at radius 1 is 1.07 bits per heavy atom. The van der Waals surface area contributed by atoms with Crippen molar-refractivity contribution >= 4 is 23.8 Å². The van der Waals surface area contributed by atoms with Crippen LogP contribution in [0.5, 0.6) is 0 Å². The Kier molecular flexibility index (Phi) is 5.29. The summed E-state index contributed by atoms with van der Waals surface area (Å²) >= 11 is 0. The van der Waals surface area contributed by atoms with Crippen molar-refractivity contribution in [3.05, 3.63) is 0 Å². The van der Waals surface area contributed by atoms with E-state index in [4.69, 9.17) is 0 Å². The molecule has 4 aliphatic carbocycles. The van der Waals surface area contributed by atoms with E-state index >= 15 is 0 Å². The fourth-order valence-corrected chi connectivity index (χ4v) is 6.41. The predicted octanol–water partition coefficient (Wildman–Crippen LogP) is 1.30. The van der Waals surface area contributed by atoms with Gasteiger partial charge in [-0.2, -0.15) is 0 Å². The van der Waals surface area contributed by atoms with E-state index in [2.05, 4.69) is 16.0 Å². The first-order chi connectivity index (χ1) is 13.7. The van der Waals surface area contributed by atoms with Gasteiger partial charge in [-0.3, -0.25) is 19.3 Å². The van der Waals surface area contributed by atoms with Gasteiger partial charge in [0.05, 0.1) is 6.42 Å². The molecular weight excluding hydrogens is 372 g/mol. The fraction of sp³-hybridized carbons (Fsp3) is 0.810. The van der Waals surface area contributed by atoms with E-state index in [0.29, 0.717) is 0 Å². The van der Waals surface area contributed by atoms with Crippen LogP contribution in [0.25, 0.3) is 0 Å². The van der Waals surface area contributed by atoms with Crippen LogP contribution in [0.4, 0.5) is 4.79 Å². The average molecular weight is 405 g/mol. The SMILES string of the molecule is CC(C)N1C(=O)C[C@@H](NC(=O)CCNC(=O)NC23CC4CC(CC(C4)C2)C3)C1=O. The molecule has 5 amide bonds. The van der Waals surface area contributed by atoms with Crippen LogP contribution >= 0.6 is 0 Å². The summed E-state index contributed by atoms with van der Waals surface area (Å²) in [5, 5.41) is 8.62. The summed E-state index contributed by atoms with van der Waals surface area (Å²) in [5.41, 5.74) is -0.0575. The van der Waals surface area contributed by atoms with E-state index in [1.54, 1.807) is 13.8 Å². The van der Waals surface area contributed by atoms with Crippen LogP contribution in [0.1, 0.15) is 65.2 Å². The largest absolute Gasteiger partial charge is 0.344 e. The van der Waals surface area contributed by atoms with Gasteiger partial charge in [-0.05, 0) is 70.1 Å². The summed E-state index contributed by atoms with van der Waals surface area (Å²) in [7, 11) is 0. The van der Waals surface area contributed by atoms with Crippen molar-refractivity contribution < 1.29 is 19.2 Å². The van der Waals surface area contributed by atoms with Crippen LogP contribution in [-0.4, -0.2) is 52.8 Å². The van der Waals surface area contributed by atoms with Crippen LogP contribution in [0, 0.1) is 17.8 Å². The number of carbonyl (C=O) groups is 4. The molecule has 4 bridgehead atoms. The smallest absolute Gasteiger partial charge is 0.315 e. The summed E-state index contributed by atoms with van der Waals surface area (Å²) in [6.07, 6.45) is 7.28. The Balaban J connectivity index is 1.20. The van der Waals surface area contributed by atoms with E-state index in [0.717, 1.165) is 37.0 Å². The Morgan fingerprint density at radius 2 is 1.66 bits per heavy atom. The summed E-state index contributed by atoms with van der Waals surface area (Å²) in [6, 6.07) is -1.22. The standard InChI is InChI=1S/C21H32N4O4/c1-12(2)25-18(27)8-16(19(25)28)23-17(26)3-4-22-20(29)24-21-9-13-5-14(10-21)7-15(6-13)11-21/h12-16H,3-11H2,1-2H3,(H,23,26)(H2,22,24,29)/t13?,14?,15?,16-,21?/m1/s1. The van der Waals surface area contributed by atoms with E-state index in [9.17, 15) is 19.2 Å². The highest BCUT2D eigenvalue weighted by Crippen LogP contribution is 2.55. The van der Waals surface area contributed by atoms with Crippen molar-refractivity contribution in [3.8, 4) is 0 Å². The molecule has 0 aromatic carbocycles. The molecule has 5 aliphatic rings. The van der Waals surface area contributed by atoms with Gasteiger partial charge in [0.2, 0.25) is 11.8 Å². The molecule has 0 spiro atoms. The van der Waals surface area contributed by atoms with Gasteiger partial charge in [0.15, 0.2) is 0 Å². The molecule has 1 aliphatic heterocycles. The molecule has 1 atom stereocenters. The zero-order valence-electron chi connectivity index (χ0n) is 17.3. The third-order valence-corrected chi connectivity index (χ3v) is 7.09. The van der Waals surface area contributed by atoms with E-state index in [1.807, 2.05) is 0 Å². The topological polar surface area (TPSA) is 108 Å². The van der Waals surface area contributed by atoms with Gasteiger partial charge in [-0.15, -0.1) is 0 Å². The number of imide groups is 1. The molecule has 0 radical (unpaired) electrons. The van der Waals surface area contributed by atoms with Crippen LogP contribution < -0.4 is 16.0 Å². The molecule has 29 heavy (non-hydrogen) atoms. The highest BCUT2D eigenvalue weighted by atomic mass is 16.2. The Morgan fingerprint density at radius 3 is 2.17 bits per heavy atom. The molecule has 1 heterocycles. The number of rotatable bonds is 6. The average Bonchev–Trinajstić information content (AvgIpc) is 2.86. The number of likely N-dealkylation sites (tertiary alicyclic amines) is 1. The number of carbonyl (C=O) groups excluding carboxylic acids is 4. The van der Waals surface area contributed by atoms with Crippen LogP contribution in [0.2, 0.25) is 0 Å². The molecule has 160 valence electrons. The third kappa shape index (κ3) is 4.12. The summed E-state index contributed by atoms with van der Waals surface area (Å²) < 4.78 is 0. The monoisotopic (exact) mass is 404 g/mol. The third-order valence-electron chi connectivity index (χ3n) is 7.09. The minimum atomic E-state index is -0.793. The summed E-state index contributed by atoms with van der Waals surface area (Å²) in [4.78, 5) is 49.9. The predicted molar refractivity (Wildman–Crippen MR) is 106 cm³/mol. The number of nitrogens with one attached hydrogen (secondary N) is 3. The minimum Gasteiger partial charge on any atom is -0.344 e. The van der Waals surface area contributed by atoms with Crippen molar-refractivity contribution in [1.82, 2.24) is 20.9 Å². The molecule has 0 unspecified atom stereocenters. The lowest BCUT2D eigenvalue weighted by Gasteiger charge is -2.56. The Hall–Kier alpha value is -2.12. The summed E-state index contributed by atoms with van der Waals surface area (Å²) in [6.45, 7) is 3.74. The minimum absolute atomic E-state index is 0.00267. The molecule has 1 saturated heterocycles. The van der Waals surface area contributed by atoms with Crippen LogP contribution in [0.15, 0.2) is 0 Å². The van der Waals surface area contributed by atoms with E-state index < -0.39 is 6.04 Å². The lowest BCUT2D eigenvalue weighted by molar-refractivity contribution is -0.141. The number of nitrogens with zero attached hydrogens (tertiary/aromatic N) is 1. The number of hydrogen-bond acceptors (Lipinski definition) is 4. The first-order valence-corrected chi connectivity index (χ1v) is 11.0. The number of hydrogen-bond donors (Lipinski definition) is 3. The maximum absolute atomic E-state index is 12.4. The maximum atomic E-state index is 12.4. The van der Waals surface area contributed by atoms with Crippen LogP contribution in [0.3, 0.4) is 0 Å². The van der Waals surface area contributed by atoms with E-state index in [1.165, 1.54) is 24.2 Å². The van der Waals surface area contributed by atoms with Crippen molar-refractivity contribution in [2.75, 3.05) is 6.54 Å². The second-order valence-electron chi connectivity index (χ2n) is 9.85. The lowest BCUT2D eigenvalue weighted by atomic mass is 9.53. The number of urea groups is 1. The molecule has 4 saturated carbocycles. The zero-order chi connectivity index (χ0) is 20.8. The molecule has 8 heteroatoms. The van der Waals surface area contributed by atoms with Crippen molar-refractivity contribution in [2.24, 2.45) is 17.8 Å². The first kappa shape index (κ1) is 20.2. The van der Waals surface area contributed by atoms with Gasteiger partial charge >= 0.3 is 6.03 Å². The normalized spacial score (nSPS) is 35.3. The van der Waals surface area contributed by atoms with Gasteiger partial charge in [0.1, 0.15) is 6.04 Å². The molecule has 5 fully saturated rings. The van der Waals surface area contributed by atoms with Gasteiger partial charge in [-0.25, -0.2) is 4.79 Å². The van der Waals surface area contributed by atoms with Gasteiger partial charge in [0.25, 0.3) is 5.91 Å². The second-order valence-corrected chi connectivity index (χ2v) is 9.85. The first-order valence-electron chi connectivity index (χ1n) is 11.0. The van der Waals surface area contributed by atoms with Gasteiger partial charge in [0, 0.05) is 24.5 Å². The van der Waals surface area contributed by atoms with Crippen molar-refractivity contribution in [2.45, 2.75) is 82.8 Å². The number of amides is 5. The molecular formula is C21H32N4O4. The highest BCUT2D eigenvalue weighted by Gasteiger charge is 2.51. The van der Waals surface area contributed by atoms with Crippen molar-refractivity contribution in [1.29, 1.82) is 0 Å². The highest BCUT2D eigenvalue weighted by molar-refractivity contribution is 6.07. The molecule has 0 aromatic heterocycles. The Labute approximate surface area is 171 Å². The quantitative estimate of drug-likeness (QED) is 0.580. The summed E-state index contributed by atoms with van der Waals surface area (Å²) in [5.74, 6) is 1.31. The maximum Gasteiger partial charge on any atom is 0.315 e. The van der Waals surface area contributed by atoms with Gasteiger partial charge < -0.3 is 16.0 Å². The Bertz CT molecular complexity index is 684. The second kappa shape index (κ2) is 7.61. The zero-order valence-corrected chi connectivity index (χ0v) is 17.3. The van der Waals surface area contributed by atoms with Crippen molar-refractivity contribution in [3.63, 3.8) is 0 Å². The molecule has 5 rings (SSSR count). The lowest BCUT2D eigenvalue weighted by Crippen LogP contribution is -2.61. The fourth-order valence-electron chi connectivity index (χ4n) is 6.41. The van der Waals surface area contributed by atoms with E-state index in [-0.39, 0.29) is 54.7 Å².